The van der Waals surface area contributed by atoms with Gasteiger partial charge in [-0.25, -0.2) is 0 Å². The highest BCUT2D eigenvalue weighted by molar-refractivity contribution is 8.18. The van der Waals surface area contributed by atoms with Gasteiger partial charge in [-0.1, -0.05) is 24.3 Å². The summed E-state index contributed by atoms with van der Waals surface area (Å²) in [6, 6.07) is 12.3. The molecule has 0 unspecified atom stereocenters. The molecule has 0 bridgehead atoms. The molecular formula is C22H21N3O5S. The van der Waals surface area contributed by atoms with Crippen molar-refractivity contribution in [3.63, 3.8) is 0 Å². The van der Waals surface area contributed by atoms with Crippen molar-refractivity contribution in [2.45, 2.75) is 13.8 Å². The van der Waals surface area contributed by atoms with Gasteiger partial charge in [0.15, 0.2) is 6.61 Å². The first-order chi connectivity index (χ1) is 14.7. The van der Waals surface area contributed by atoms with Crippen LogP contribution in [-0.2, 0) is 14.4 Å². The number of nitrogens with two attached hydrogens (primary N) is 1. The molecule has 8 nitrogen and oxygen atoms in total. The third kappa shape index (κ3) is 5.73. The van der Waals surface area contributed by atoms with Crippen molar-refractivity contribution in [1.82, 2.24) is 4.90 Å². The van der Waals surface area contributed by atoms with Gasteiger partial charge in [0.1, 0.15) is 12.3 Å². The van der Waals surface area contributed by atoms with E-state index in [1.165, 1.54) is 0 Å². The maximum atomic E-state index is 12.6. The first-order valence-electron chi connectivity index (χ1n) is 9.36. The lowest BCUT2D eigenvalue weighted by Gasteiger charge is -2.14. The number of nitrogens with one attached hydrogen (secondary N) is 1. The van der Waals surface area contributed by atoms with E-state index >= 15 is 0 Å². The minimum atomic E-state index is -0.584. The van der Waals surface area contributed by atoms with Crippen molar-refractivity contribution < 1.29 is 23.9 Å². The minimum absolute atomic E-state index is 0.218. The Bertz CT molecular complexity index is 1080. The molecule has 0 saturated carbocycles. The molecular weight excluding hydrogens is 418 g/mol. The number of amides is 4. The van der Waals surface area contributed by atoms with E-state index < -0.39 is 23.0 Å². The van der Waals surface area contributed by atoms with Gasteiger partial charge >= 0.3 is 0 Å². The smallest absolute Gasteiger partial charge is 0.294 e. The zero-order valence-corrected chi connectivity index (χ0v) is 17.8. The maximum absolute atomic E-state index is 12.6. The number of thioether (sulfide) groups is 1. The van der Waals surface area contributed by atoms with Gasteiger partial charge in [0.2, 0.25) is 5.91 Å². The number of benzene rings is 2. The first kappa shape index (κ1) is 22.1. The monoisotopic (exact) mass is 439 g/mol. The van der Waals surface area contributed by atoms with E-state index in [-0.39, 0.29) is 18.1 Å². The van der Waals surface area contributed by atoms with Gasteiger partial charge in [-0.2, -0.15) is 0 Å². The predicted molar refractivity (Wildman–Crippen MR) is 118 cm³/mol. The van der Waals surface area contributed by atoms with Crippen LogP contribution in [0.5, 0.6) is 5.75 Å². The fourth-order valence-corrected chi connectivity index (χ4v) is 3.64. The van der Waals surface area contributed by atoms with E-state index in [0.717, 1.165) is 27.8 Å². The second-order valence-corrected chi connectivity index (χ2v) is 7.95. The normalized spacial score (nSPS) is 14.8. The molecule has 160 valence electrons. The zero-order valence-electron chi connectivity index (χ0n) is 17.0. The van der Waals surface area contributed by atoms with Crippen LogP contribution in [0.25, 0.3) is 6.08 Å². The number of imide groups is 1. The highest BCUT2D eigenvalue weighted by atomic mass is 32.2. The number of primary amides is 1. The average Bonchev–Trinajstić information content (AvgIpc) is 2.97. The van der Waals surface area contributed by atoms with Crippen LogP contribution in [-0.4, -0.2) is 41.0 Å². The summed E-state index contributed by atoms with van der Waals surface area (Å²) in [5.41, 5.74) is 8.21. The molecule has 0 radical (unpaired) electrons. The molecule has 0 aromatic heterocycles. The number of anilines is 1. The average molecular weight is 439 g/mol. The quantitative estimate of drug-likeness (QED) is 0.641. The summed E-state index contributed by atoms with van der Waals surface area (Å²) in [6.07, 6.45) is 1.56. The number of carbonyl (C=O) groups excluding carboxylic acids is 4. The highest BCUT2D eigenvalue weighted by Gasteiger charge is 2.36. The number of rotatable bonds is 7. The van der Waals surface area contributed by atoms with Crippen molar-refractivity contribution in [1.29, 1.82) is 0 Å². The number of hydrogen-bond donors (Lipinski definition) is 2. The van der Waals surface area contributed by atoms with Crippen LogP contribution in [0.15, 0.2) is 47.4 Å². The molecule has 4 amide bonds. The Morgan fingerprint density at radius 3 is 2.52 bits per heavy atom. The van der Waals surface area contributed by atoms with Crippen LogP contribution < -0.4 is 15.8 Å². The molecule has 3 N–H and O–H groups in total. The fraction of sp³-hybridized carbons (Fsp3) is 0.182. The van der Waals surface area contributed by atoms with Gasteiger partial charge in [-0.15, -0.1) is 0 Å². The molecule has 1 aliphatic rings. The van der Waals surface area contributed by atoms with Gasteiger partial charge in [0, 0.05) is 5.69 Å². The number of carbonyl (C=O) groups is 4. The molecule has 1 aliphatic heterocycles. The van der Waals surface area contributed by atoms with Crippen LogP contribution in [0.3, 0.4) is 0 Å². The van der Waals surface area contributed by atoms with Gasteiger partial charge < -0.3 is 15.8 Å². The molecule has 0 spiro atoms. The van der Waals surface area contributed by atoms with E-state index in [9.17, 15) is 19.2 Å². The summed E-state index contributed by atoms with van der Waals surface area (Å²) in [6.45, 7) is 3.17. The lowest BCUT2D eigenvalue weighted by Crippen LogP contribution is -2.36. The van der Waals surface area contributed by atoms with Crippen LogP contribution in [0.1, 0.15) is 16.7 Å². The fourth-order valence-electron chi connectivity index (χ4n) is 2.81. The van der Waals surface area contributed by atoms with E-state index in [4.69, 9.17) is 10.5 Å². The third-order valence-corrected chi connectivity index (χ3v) is 5.31. The molecule has 1 heterocycles. The SMILES string of the molecule is Cc1ccc(C)c(NC(=O)CN2C(=O)S/C(=C\c3ccc(OCC(N)=O)cc3)C2=O)c1. The number of nitrogens with zero attached hydrogens (tertiary/aromatic N) is 1. The van der Waals surface area contributed by atoms with Crippen LogP contribution in [0.4, 0.5) is 10.5 Å². The van der Waals surface area contributed by atoms with Crippen molar-refractivity contribution in [3.8, 4) is 5.75 Å². The van der Waals surface area contributed by atoms with Crippen molar-refractivity contribution in [2.75, 3.05) is 18.5 Å². The van der Waals surface area contributed by atoms with Crippen molar-refractivity contribution in [2.24, 2.45) is 5.73 Å². The molecule has 9 heteroatoms. The Balaban J connectivity index is 1.65. The summed E-state index contributed by atoms with van der Waals surface area (Å²) < 4.78 is 5.18. The second-order valence-electron chi connectivity index (χ2n) is 6.96. The Morgan fingerprint density at radius 2 is 1.84 bits per heavy atom. The molecule has 2 aromatic carbocycles. The lowest BCUT2D eigenvalue weighted by atomic mass is 10.1. The molecule has 31 heavy (non-hydrogen) atoms. The topological polar surface area (TPSA) is 119 Å². The summed E-state index contributed by atoms with van der Waals surface area (Å²) in [4.78, 5) is 49.2. The standard InChI is InChI=1S/C22H21N3O5S/c1-13-3-4-14(2)17(9-13)24-20(27)11-25-21(28)18(31-22(25)29)10-15-5-7-16(8-6-15)30-12-19(23)26/h3-10H,11-12H2,1-2H3,(H2,23,26)(H,24,27)/b18-10-. The number of hydrogen-bond acceptors (Lipinski definition) is 6. The summed E-state index contributed by atoms with van der Waals surface area (Å²) in [5, 5.41) is 2.24. The predicted octanol–water partition coefficient (Wildman–Crippen LogP) is 2.84. The Morgan fingerprint density at radius 1 is 1.13 bits per heavy atom. The molecule has 1 saturated heterocycles. The molecule has 3 rings (SSSR count). The van der Waals surface area contributed by atoms with E-state index in [1.807, 2.05) is 32.0 Å². The van der Waals surface area contributed by atoms with Gasteiger partial charge in [-0.05, 0) is 66.6 Å². The van der Waals surface area contributed by atoms with E-state index in [2.05, 4.69) is 5.32 Å². The van der Waals surface area contributed by atoms with Crippen LogP contribution in [0.2, 0.25) is 0 Å². The van der Waals surface area contributed by atoms with Crippen molar-refractivity contribution in [3.05, 3.63) is 64.1 Å². The third-order valence-electron chi connectivity index (χ3n) is 4.40. The minimum Gasteiger partial charge on any atom is -0.484 e. The largest absolute Gasteiger partial charge is 0.484 e. The lowest BCUT2D eigenvalue weighted by molar-refractivity contribution is -0.127. The molecule has 0 aliphatic carbocycles. The van der Waals surface area contributed by atoms with E-state index in [0.29, 0.717) is 17.0 Å². The first-order valence-corrected chi connectivity index (χ1v) is 10.2. The Kier molecular flexibility index (Phi) is 6.76. The second kappa shape index (κ2) is 9.48. The van der Waals surface area contributed by atoms with Gasteiger partial charge in [0.05, 0.1) is 4.91 Å². The maximum Gasteiger partial charge on any atom is 0.294 e. The summed E-state index contributed by atoms with van der Waals surface area (Å²) in [5.74, 6) is -1.11. The molecule has 2 aromatic rings. The van der Waals surface area contributed by atoms with Crippen molar-refractivity contribution >= 4 is 46.5 Å². The van der Waals surface area contributed by atoms with Crippen LogP contribution >= 0.6 is 11.8 Å². The molecule has 0 atom stereocenters. The summed E-state index contributed by atoms with van der Waals surface area (Å²) in [7, 11) is 0. The van der Waals surface area contributed by atoms with E-state index in [1.54, 1.807) is 30.3 Å². The van der Waals surface area contributed by atoms with Crippen LogP contribution in [0, 0.1) is 13.8 Å². The van der Waals surface area contributed by atoms with Gasteiger partial charge in [-0.3, -0.25) is 24.1 Å². The number of ether oxygens (including phenoxy) is 1. The highest BCUT2D eigenvalue weighted by Crippen LogP contribution is 2.32. The number of aryl methyl sites for hydroxylation is 2. The summed E-state index contributed by atoms with van der Waals surface area (Å²) >= 11 is 0.775. The van der Waals surface area contributed by atoms with Gasteiger partial charge in [0.25, 0.3) is 17.1 Å². The Labute approximate surface area is 183 Å². The zero-order chi connectivity index (χ0) is 22.5. The molecule has 1 fully saturated rings. The Hall–Kier alpha value is -3.59.